The summed E-state index contributed by atoms with van der Waals surface area (Å²) >= 11 is 0. The van der Waals surface area contributed by atoms with E-state index < -0.39 is 22.4 Å². The molecule has 10 nitrogen and oxygen atoms in total. The summed E-state index contributed by atoms with van der Waals surface area (Å²) in [5.74, 6) is -2.12. The number of ether oxygens (including phenoxy) is 2. The van der Waals surface area contributed by atoms with Gasteiger partial charge in [0, 0.05) is 24.3 Å². The lowest BCUT2D eigenvalue weighted by molar-refractivity contribution is -0.384. The molecule has 0 saturated heterocycles. The number of phenolic OH excluding ortho intramolecular Hbond substituents is 1. The lowest BCUT2D eigenvalue weighted by Crippen LogP contribution is -2.27. The fourth-order valence-electron chi connectivity index (χ4n) is 3.77. The Kier molecular flexibility index (Phi) is 4.61. The van der Waals surface area contributed by atoms with E-state index in [1.54, 1.807) is 6.92 Å². The summed E-state index contributed by atoms with van der Waals surface area (Å²) in [6.07, 6.45) is 0. The number of nitrogens with two attached hydrogens (primary N) is 1. The van der Waals surface area contributed by atoms with Gasteiger partial charge in [-0.25, -0.2) is 9.59 Å². The van der Waals surface area contributed by atoms with Gasteiger partial charge >= 0.3 is 11.6 Å². The topological polar surface area (TPSA) is 155 Å². The molecule has 0 spiro atoms. The highest BCUT2D eigenvalue weighted by Gasteiger charge is 2.38. The van der Waals surface area contributed by atoms with Gasteiger partial charge in [0.05, 0.1) is 28.9 Å². The monoisotopic (exact) mass is 424 g/mol. The maximum Gasteiger partial charge on any atom is 0.340 e. The first-order chi connectivity index (χ1) is 14.7. The van der Waals surface area contributed by atoms with Crippen LogP contribution in [0, 0.1) is 17.0 Å². The van der Waals surface area contributed by atoms with E-state index in [9.17, 15) is 24.8 Å². The largest absolute Gasteiger partial charge is 0.507 e. The average Bonchev–Trinajstić information content (AvgIpc) is 2.71. The third-order valence-electron chi connectivity index (χ3n) is 5.10. The molecule has 0 amide bonds. The Balaban J connectivity index is 2.09. The fourth-order valence-corrected chi connectivity index (χ4v) is 3.77. The number of hydrogen-bond acceptors (Lipinski definition) is 9. The van der Waals surface area contributed by atoms with Crippen molar-refractivity contribution in [2.75, 3.05) is 7.11 Å². The van der Waals surface area contributed by atoms with E-state index >= 15 is 0 Å². The van der Waals surface area contributed by atoms with Gasteiger partial charge in [-0.3, -0.25) is 10.1 Å². The first-order valence-electron chi connectivity index (χ1n) is 9.03. The molecular weight excluding hydrogens is 408 g/mol. The number of esters is 1. The fraction of sp³-hybridized carbons (Fsp3) is 0.143. The number of rotatable bonds is 3. The van der Waals surface area contributed by atoms with Crippen LogP contribution in [0.1, 0.15) is 22.6 Å². The minimum atomic E-state index is -0.940. The van der Waals surface area contributed by atoms with Crippen LogP contribution in [0.5, 0.6) is 11.5 Å². The molecule has 0 aliphatic carbocycles. The minimum absolute atomic E-state index is 0.0113. The van der Waals surface area contributed by atoms with Gasteiger partial charge < -0.3 is 24.7 Å². The number of benzene rings is 2. The van der Waals surface area contributed by atoms with E-state index in [2.05, 4.69) is 0 Å². The van der Waals surface area contributed by atoms with Crippen LogP contribution in [-0.2, 0) is 9.53 Å². The molecule has 3 N–H and O–H groups in total. The molecule has 0 radical (unpaired) electrons. The zero-order valence-corrected chi connectivity index (χ0v) is 16.4. The molecule has 2 heterocycles. The van der Waals surface area contributed by atoms with Crippen LogP contribution in [0.3, 0.4) is 0 Å². The number of nitrogens with zero attached hydrogens (tertiary/aromatic N) is 1. The van der Waals surface area contributed by atoms with Crippen molar-refractivity contribution in [2.24, 2.45) is 5.73 Å². The number of aromatic hydroxyl groups is 1. The van der Waals surface area contributed by atoms with Crippen molar-refractivity contribution >= 4 is 22.6 Å². The minimum Gasteiger partial charge on any atom is -0.507 e. The van der Waals surface area contributed by atoms with Gasteiger partial charge in [0.15, 0.2) is 0 Å². The number of phenols is 1. The van der Waals surface area contributed by atoms with Gasteiger partial charge in [-0.1, -0.05) is 12.1 Å². The Bertz CT molecular complexity index is 1340. The highest BCUT2D eigenvalue weighted by molar-refractivity contribution is 5.97. The van der Waals surface area contributed by atoms with Gasteiger partial charge in [-0.2, -0.15) is 0 Å². The molecule has 0 saturated carbocycles. The highest BCUT2D eigenvalue weighted by atomic mass is 16.6. The number of carbonyl (C=O) groups is 1. The van der Waals surface area contributed by atoms with E-state index in [0.29, 0.717) is 11.1 Å². The Morgan fingerprint density at radius 3 is 2.55 bits per heavy atom. The SMILES string of the molecule is COC(=O)C1=C(N)Oc2cc(O)c3c(C)cc(=O)oc3c2C1c1ccc([N+](=O)[O-])cc1. The molecule has 1 aliphatic rings. The molecule has 0 bridgehead atoms. The molecule has 4 rings (SSSR count). The summed E-state index contributed by atoms with van der Waals surface area (Å²) in [4.78, 5) is 35.2. The van der Waals surface area contributed by atoms with Crippen molar-refractivity contribution in [3.8, 4) is 11.5 Å². The van der Waals surface area contributed by atoms with Crippen LogP contribution in [-0.4, -0.2) is 23.1 Å². The van der Waals surface area contributed by atoms with Gasteiger partial charge in [-0.15, -0.1) is 0 Å². The molecule has 31 heavy (non-hydrogen) atoms. The van der Waals surface area contributed by atoms with Crippen LogP contribution in [0.15, 0.2) is 57.1 Å². The van der Waals surface area contributed by atoms with E-state index in [0.717, 1.165) is 0 Å². The molecule has 2 aromatic carbocycles. The maximum atomic E-state index is 12.6. The van der Waals surface area contributed by atoms with Gasteiger partial charge in [0.1, 0.15) is 22.7 Å². The van der Waals surface area contributed by atoms with Crippen LogP contribution in [0.25, 0.3) is 11.0 Å². The quantitative estimate of drug-likeness (QED) is 0.279. The maximum absolute atomic E-state index is 12.6. The molecule has 158 valence electrons. The first kappa shape index (κ1) is 20.0. The molecular formula is C21H16N2O8. The second kappa shape index (κ2) is 7.17. The third kappa shape index (κ3) is 3.14. The van der Waals surface area contributed by atoms with Crippen LogP contribution in [0.4, 0.5) is 5.69 Å². The normalized spacial score (nSPS) is 15.4. The molecule has 1 atom stereocenters. The molecule has 1 unspecified atom stereocenters. The summed E-state index contributed by atoms with van der Waals surface area (Å²) in [6.45, 7) is 1.63. The predicted octanol–water partition coefficient (Wildman–Crippen LogP) is 2.58. The number of nitro benzene ring substituents is 1. The third-order valence-corrected chi connectivity index (χ3v) is 5.10. The van der Waals surface area contributed by atoms with Crippen LogP contribution >= 0.6 is 0 Å². The summed E-state index contributed by atoms with van der Waals surface area (Å²) < 4.78 is 15.9. The second-order valence-corrected chi connectivity index (χ2v) is 6.91. The van der Waals surface area contributed by atoms with E-state index in [1.165, 1.54) is 43.5 Å². The Labute approximate surface area is 174 Å². The highest BCUT2D eigenvalue weighted by Crippen LogP contribution is 2.48. The van der Waals surface area contributed by atoms with E-state index in [-0.39, 0.29) is 45.2 Å². The lowest BCUT2D eigenvalue weighted by atomic mass is 9.81. The van der Waals surface area contributed by atoms with E-state index in [1.807, 2.05) is 0 Å². The number of non-ortho nitro benzene ring substituents is 1. The smallest absolute Gasteiger partial charge is 0.340 e. The van der Waals surface area contributed by atoms with Crippen molar-refractivity contribution in [1.82, 2.24) is 0 Å². The zero-order valence-electron chi connectivity index (χ0n) is 16.4. The molecule has 0 fully saturated rings. The molecule has 10 heteroatoms. The van der Waals surface area contributed by atoms with Gasteiger partial charge in [0.25, 0.3) is 5.69 Å². The van der Waals surface area contributed by atoms with Crippen molar-refractivity contribution in [3.05, 3.63) is 85.1 Å². The summed E-state index contributed by atoms with van der Waals surface area (Å²) in [5.41, 5.74) is 6.29. The zero-order chi connectivity index (χ0) is 22.4. The second-order valence-electron chi connectivity index (χ2n) is 6.91. The van der Waals surface area contributed by atoms with Crippen molar-refractivity contribution in [2.45, 2.75) is 12.8 Å². The Morgan fingerprint density at radius 1 is 1.26 bits per heavy atom. The summed E-state index contributed by atoms with van der Waals surface area (Å²) in [5, 5.41) is 21.8. The van der Waals surface area contributed by atoms with Crippen LogP contribution < -0.4 is 16.1 Å². The summed E-state index contributed by atoms with van der Waals surface area (Å²) in [6, 6.07) is 8.01. The molecule has 1 aromatic heterocycles. The predicted molar refractivity (Wildman–Crippen MR) is 108 cm³/mol. The summed E-state index contributed by atoms with van der Waals surface area (Å²) in [7, 11) is 1.17. The lowest BCUT2D eigenvalue weighted by Gasteiger charge is -2.29. The number of methoxy groups -OCH3 is 1. The first-order valence-corrected chi connectivity index (χ1v) is 9.03. The van der Waals surface area contributed by atoms with E-state index in [4.69, 9.17) is 19.6 Å². The van der Waals surface area contributed by atoms with Gasteiger partial charge in [0.2, 0.25) is 5.88 Å². The number of nitro groups is 1. The number of aryl methyl sites for hydroxylation is 1. The molecule has 3 aromatic rings. The van der Waals surface area contributed by atoms with Crippen LogP contribution in [0.2, 0.25) is 0 Å². The number of carbonyl (C=O) groups excluding carboxylic acids is 1. The molecule has 1 aliphatic heterocycles. The number of hydrogen-bond donors (Lipinski definition) is 2. The van der Waals surface area contributed by atoms with Crippen molar-refractivity contribution in [1.29, 1.82) is 0 Å². The Morgan fingerprint density at radius 2 is 1.94 bits per heavy atom. The Hall–Kier alpha value is -4.34. The number of fused-ring (bicyclic) bond motifs is 3. The standard InChI is InChI=1S/C21H16N2O8/c1-9-7-14(25)31-19-15(9)12(24)8-13-17(19)16(18(20(22)30-13)21(26)29-2)10-3-5-11(6-4-10)23(27)28/h3-8,16,24H,22H2,1-2H3. The average molecular weight is 424 g/mol. The van der Waals surface area contributed by atoms with Gasteiger partial charge in [-0.05, 0) is 18.1 Å². The van der Waals surface area contributed by atoms with Crippen molar-refractivity contribution < 1.29 is 28.7 Å². The van der Waals surface area contributed by atoms with Crippen molar-refractivity contribution in [3.63, 3.8) is 0 Å².